The van der Waals surface area contributed by atoms with Gasteiger partial charge in [-0.25, -0.2) is 4.89 Å². The average molecular weight is 290 g/mol. The third-order valence-corrected chi connectivity index (χ3v) is 3.93. The van der Waals surface area contributed by atoms with Gasteiger partial charge in [0.1, 0.15) is 0 Å². The molecule has 0 bridgehead atoms. The maximum absolute atomic E-state index is 9.84. The maximum Gasteiger partial charge on any atom is 0.157 e. The number of benzene rings is 3. The molecule has 0 atom stereocenters. The first-order valence-electron chi connectivity index (χ1n) is 7.33. The minimum atomic E-state index is -0.913. The van der Waals surface area contributed by atoms with Crippen LogP contribution in [0.25, 0.3) is 0 Å². The first kappa shape index (κ1) is 14.5. The van der Waals surface area contributed by atoms with Gasteiger partial charge in [-0.3, -0.25) is 5.26 Å². The van der Waals surface area contributed by atoms with E-state index in [1.807, 2.05) is 91.0 Å². The molecule has 2 heteroatoms. The Morgan fingerprint density at radius 3 is 1.45 bits per heavy atom. The van der Waals surface area contributed by atoms with E-state index in [0.29, 0.717) is 6.42 Å². The van der Waals surface area contributed by atoms with Crippen molar-refractivity contribution in [1.82, 2.24) is 0 Å². The SMILES string of the molecule is OOC(Cc1ccccc1)(c1ccccc1)c1ccccc1. The van der Waals surface area contributed by atoms with Crippen LogP contribution < -0.4 is 0 Å². The summed E-state index contributed by atoms with van der Waals surface area (Å²) in [4.78, 5) is 5.11. The molecule has 110 valence electrons. The summed E-state index contributed by atoms with van der Waals surface area (Å²) < 4.78 is 0. The lowest BCUT2D eigenvalue weighted by Crippen LogP contribution is -2.33. The second-order valence-electron chi connectivity index (χ2n) is 5.31. The van der Waals surface area contributed by atoms with Gasteiger partial charge in [0.2, 0.25) is 0 Å². The van der Waals surface area contributed by atoms with Crippen molar-refractivity contribution in [1.29, 1.82) is 0 Å². The van der Waals surface area contributed by atoms with Crippen LogP contribution in [0, 0.1) is 0 Å². The van der Waals surface area contributed by atoms with E-state index in [-0.39, 0.29) is 0 Å². The van der Waals surface area contributed by atoms with Gasteiger partial charge < -0.3 is 0 Å². The van der Waals surface area contributed by atoms with Crippen LogP contribution in [0.2, 0.25) is 0 Å². The van der Waals surface area contributed by atoms with E-state index in [1.54, 1.807) is 0 Å². The Balaban J connectivity index is 2.13. The molecule has 0 aliphatic heterocycles. The number of hydrogen-bond acceptors (Lipinski definition) is 2. The van der Waals surface area contributed by atoms with Crippen LogP contribution >= 0.6 is 0 Å². The molecule has 0 aromatic heterocycles. The summed E-state index contributed by atoms with van der Waals surface area (Å²) in [5, 5.41) is 9.84. The lowest BCUT2D eigenvalue weighted by Gasteiger charge is -2.31. The molecule has 0 spiro atoms. The van der Waals surface area contributed by atoms with Gasteiger partial charge in [0.05, 0.1) is 0 Å². The quantitative estimate of drug-likeness (QED) is 0.547. The summed E-state index contributed by atoms with van der Waals surface area (Å²) in [6.07, 6.45) is 0.554. The molecule has 0 saturated heterocycles. The Kier molecular flexibility index (Phi) is 4.33. The smallest absolute Gasteiger partial charge is 0.157 e. The van der Waals surface area contributed by atoms with Gasteiger partial charge in [0.25, 0.3) is 0 Å². The molecule has 0 radical (unpaired) electrons. The molecule has 3 aromatic rings. The molecule has 3 rings (SSSR count). The number of rotatable bonds is 5. The predicted octanol–water partition coefficient (Wildman–Crippen LogP) is 4.66. The van der Waals surface area contributed by atoms with Gasteiger partial charge >= 0.3 is 0 Å². The highest BCUT2D eigenvalue weighted by Crippen LogP contribution is 2.36. The fraction of sp³-hybridized carbons (Fsp3) is 0.100. The molecular formula is C20H18O2. The third-order valence-electron chi connectivity index (χ3n) is 3.93. The minimum Gasteiger partial charge on any atom is -0.251 e. The fourth-order valence-electron chi connectivity index (χ4n) is 2.81. The van der Waals surface area contributed by atoms with E-state index in [2.05, 4.69) is 0 Å². The zero-order valence-corrected chi connectivity index (χ0v) is 12.2. The lowest BCUT2D eigenvalue weighted by atomic mass is 9.81. The summed E-state index contributed by atoms with van der Waals surface area (Å²) >= 11 is 0. The van der Waals surface area contributed by atoms with Gasteiger partial charge in [0.15, 0.2) is 5.60 Å². The summed E-state index contributed by atoms with van der Waals surface area (Å²) in [5.74, 6) is 0. The van der Waals surface area contributed by atoms with Crippen molar-refractivity contribution in [3.8, 4) is 0 Å². The Labute approximate surface area is 130 Å². The molecule has 0 fully saturated rings. The Morgan fingerprint density at radius 2 is 1.05 bits per heavy atom. The van der Waals surface area contributed by atoms with E-state index in [0.717, 1.165) is 16.7 Å². The van der Waals surface area contributed by atoms with Crippen LogP contribution in [-0.2, 0) is 16.9 Å². The normalized spacial score (nSPS) is 11.3. The molecule has 0 aliphatic rings. The standard InChI is InChI=1S/C20H18O2/c21-22-20(18-12-6-2-7-13-18,19-14-8-3-9-15-19)16-17-10-4-1-5-11-17/h1-15,21H,16H2. The molecule has 2 nitrogen and oxygen atoms in total. The van der Waals surface area contributed by atoms with Crippen molar-refractivity contribution in [3.05, 3.63) is 108 Å². The highest BCUT2D eigenvalue weighted by atomic mass is 17.1. The Bertz CT molecular complexity index is 654. The van der Waals surface area contributed by atoms with Crippen molar-refractivity contribution in [2.24, 2.45) is 0 Å². The molecule has 3 aromatic carbocycles. The topological polar surface area (TPSA) is 29.5 Å². The van der Waals surface area contributed by atoms with E-state index in [4.69, 9.17) is 4.89 Å². The van der Waals surface area contributed by atoms with Crippen molar-refractivity contribution in [2.75, 3.05) is 0 Å². The zero-order valence-electron chi connectivity index (χ0n) is 12.2. The van der Waals surface area contributed by atoms with Crippen molar-refractivity contribution < 1.29 is 10.1 Å². The van der Waals surface area contributed by atoms with Crippen LogP contribution in [0.4, 0.5) is 0 Å². The molecule has 0 aliphatic carbocycles. The van der Waals surface area contributed by atoms with Crippen molar-refractivity contribution >= 4 is 0 Å². The van der Waals surface area contributed by atoms with Gasteiger partial charge in [-0.15, -0.1) is 0 Å². The van der Waals surface area contributed by atoms with Crippen molar-refractivity contribution in [2.45, 2.75) is 12.0 Å². The highest BCUT2D eigenvalue weighted by Gasteiger charge is 2.36. The summed E-state index contributed by atoms with van der Waals surface area (Å²) in [5.41, 5.74) is 2.04. The first-order chi connectivity index (χ1) is 10.8. The molecule has 0 unspecified atom stereocenters. The first-order valence-corrected chi connectivity index (χ1v) is 7.33. The average Bonchev–Trinajstić information content (AvgIpc) is 2.62. The monoisotopic (exact) mass is 290 g/mol. The van der Waals surface area contributed by atoms with Crippen LogP contribution in [0.15, 0.2) is 91.0 Å². The molecule has 1 N–H and O–H groups in total. The zero-order chi connectivity index (χ0) is 15.3. The largest absolute Gasteiger partial charge is 0.251 e. The molecule has 0 amide bonds. The van der Waals surface area contributed by atoms with Gasteiger partial charge in [0, 0.05) is 6.42 Å². The second-order valence-corrected chi connectivity index (χ2v) is 5.31. The van der Waals surface area contributed by atoms with Gasteiger partial charge in [-0.1, -0.05) is 91.0 Å². The Hall–Kier alpha value is -2.42. The van der Waals surface area contributed by atoms with E-state index in [9.17, 15) is 5.26 Å². The van der Waals surface area contributed by atoms with Crippen molar-refractivity contribution in [3.63, 3.8) is 0 Å². The fourth-order valence-corrected chi connectivity index (χ4v) is 2.81. The second kappa shape index (κ2) is 6.56. The van der Waals surface area contributed by atoms with Gasteiger partial charge in [-0.2, -0.15) is 0 Å². The summed E-state index contributed by atoms with van der Waals surface area (Å²) in [6, 6.07) is 29.7. The number of hydrogen-bond donors (Lipinski definition) is 1. The molecular weight excluding hydrogens is 272 g/mol. The van der Waals surface area contributed by atoms with Crippen LogP contribution in [-0.4, -0.2) is 5.26 Å². The summed E-state index contributed by atoms with van der Waals surface area (Å²) in [6.45, 7) is 0. The maximum atomic E-state index is 9.84. The lowest BCUT2D eigenvalue weighted by molar-refractivity contribution is -0.315. The van der Waals surface area contributed by atoms with Gasteiger partial charge in [-0.05, 0) is 16.7 Å². The third kappa shape index (κ3) is 2.80. The van der Waals surface area contributed by atoms with E-state index in [1.165, 1.54) is 0 Å². The predicted molar refractivity (Wildman–Crippen MR) is 87.5 cm³/mol. The van der Waals surface area contributed by atoms with Crippen LogP contribution in [0.1, 0.15) is 16.7 Å². The van der Waals surface area contributed by atoms with Crippen LogP contribution in [0.5, 0.6) is 0 Å². The molecule has 0 saturated carbocycles. The van der Waals surface area contributed by atoms with E-state index < -0.39 is 5.60 Å². The highest BCUT2D eigenvalue weighted by molar-refractivity contribution is 5.38. The van der Waals surface area contributed by atoms with E-state index >= 15 is 0 Å². The Morgan fingerprint density at radius 1 is 0.636 bits per heavy atom. The van der Waals surface area contributed by atoms with Crippen LogP contribution in [0.3, 0.4) is 0 Å². The molecule has 22 heavy (non-hydrogen) atoms. The summed E-state index contributed by atoms with van der Waals surface area (Å²) in [7, 11) is 0. The molecule has 0 heterocycles. The minimum absolute atomic E-state index is 0.554.